The van der Waals surface area contributed by atoms with E-state index in [1.807, 2.05) is 37.3 Å². The maximum absolute atomic E-state index is 12.0. The van der Waals surface area contributed by atoms with E-state index < -0.39 is 0 Å². The quantitative estimate of drug-likeness (QED) is 0.751. The first kappa shape index (κ1) is 17.5. The Labute approximate surface area is 139 Å². The number of benzene rings is 1. The van der Waals surface area contributed by atoms with Crippen molar-refractivity contribution in [2.75, 3.05) is 26.2 Å². The molecule has 0 unspecified atom stereocenters. The average molecular weight is 317 g/mol. The molecule has 1 heterocycles. The van der Waals surface area contributed by atoms with Gasteiger partial charge >= 0.3 is 0 Å². The Morgan fingerprint density at radius 3 is 2.57 bits per heavy atom. The SMILES string of the molecule is CCC[NH+]1CCC(NC(=O)/C=C/c2ccc(OCC)cc2)CC1. The van der Waals surface area contributed by atoms with Crippen LogP contribution in [0, 0.1) is 0 Å². The molecule has 0 aliphatic carbocycles. The first-order valence-corrected chi connectivity index (χ1v) is 8.76. The Morgan fingerprint density at radius 2 is 1.96 bits per heavy atom. The van der Waals surface area contributed by atoms with E-state index in [1.165, 1.54) is 26.1 Å². The van der Waals surface area contributed by atoms with Crippen molar-refractivity contribution in [3.8, 4) is 5.75 Å². The zero-order valence-corrected chi connectivity index (χ0v) is 14.3. The number of carbonyl (C=O) groups is 1. The van der Waals surface area contributed by atoms with Crippen molar-refractivity contribution in [3.05, 3.63) is 35.9 Å². The van der Waals surface area contributed by atoms with Gasteiger partial charge < -0.3 is 15.0 Å². The van der Waals surface area contributed by atoms with Gasteiger partial charge in [0.1, 0.15) is 5.75 Å². The lowest BCUT2D eigenvalue weighted by atomic mass is 10.0. The number of carbonyl (C=O) groups excluding carboxylic acids is 1. The molecule has 1 saturated heterocycles. The fourth-order valence-electron chi connectivity index (χ4n) is 3.04. The fraction of sp³-hybridized carbons (Fsp3) is 0.526. The lowest BCUT2D eigenvalue weighted by molar-refractivity contribution is -0.905. The monoisotopic (exact) mass is 317 g/mol. The zero-order valence-electron chi connectivity index (χ0n) is 14.3. The summed E-state index contributed by atoms with van der Waals surface area (Å²) >= 11 is 0. The molecule has 0 spiro atoms. The normalized spacial score (nSPS) is 21.3. The predicted molar refractivity (Wildman–Crippen MR) is 93.7 cm³/mol. The van der Waals surface area contributed by atoms with E-state index in [1.54, 1.807) is 11.0 Å². The number of hydrogen-bond acceptors (Lipinski definition) is 2. The fourth-order valence-corrected chi connectivity index (χ4v) is 3.04. The highest BCUT2D eigenvalue weighted by molar-refractivity contribution is 5.91. The first-order chi connectivity index (χ1) is 11.2. The summed E-state index contributed by atoms with van der Waals surface area (Å²) in [6.45, 7) is 8.44. The van der Waals surface area contributed by atoms with Crippen LogP contribution in [0.5, 0.6) is 5.75 Å². The molecule has 4 heteroatoms. The molecular formula is C19H29N2O2+. The summed E-state index contributed by atoms with van der Waals surface area (Å²) in [5.41, 5.74) is 1.01. The lowest BCUT2D eigenvalue weighted by Gasteiger charge is -2.29. The Bertz CT molecular complexity index is 503. The molecule has 1 aliphatic rings. The molecule has 2 rings (SSSR count). The van der Waals surface area contributed by atoms with Crippen molar-refractivity contribution in [2.24, 2.45) is 0 Å². The number of rotatable bonds is 7. The van der Waals surface area contributed by atoms with Crippen LogP contribution in [-0.2, 0) is 4.79 Å². The Balaban J connectivity index is 1.76. The van der Waals surface area contributed by atoms with Crippen molar-refractivity contribution >= 4 is 12.0 Å². The van der Waals surface area contributed by atoms with Crippen molar-refractivity contribution in [2.45, 2.75) is 39.2 Å². The number of ether oxygens (including phenoxy) is 1. The van der Waals surface area contributed by atoms with Crippen molar-refractivity contribution in [1.82, 2.24) is 5.32 Å². The van der Waals surface area contributed by atoms with Crippen LogP contribution in [-0.4, -0.2) is 38.2 Å². The third kappa shape index (κ3) is 6.06. The highest BCUT2D eigenvalue weighted by Gasteiger charge is 2.21. The summed E-state index contributed by atoms with van der Waals surface area (Å²) in [5.74, 6) is 0.860. The van der Waals surface area contributed by atoms with Gasteiger partial charge in [-0.05, 0) is 37.1 Å². The van der Waals surface area contributed by atoms with Crippen molar-refractivity contribution < 1.29 is 14.4 Å². The molecule has 0 bridgehead atoms. The standard InChI is InChI=1S/C19H28N2O2/c1-3-13-21-14-11-17(12-15-21)20-19(22)10-7-16-5-8-18(9-6-16)23-4-2/h5-10,17H,3-4,11-15H2,1-2H3,(H,20,22)/p+1/b10-7+. The van der Waals surface area contributed by atoms with Crippen LogP contribution in [0.1, 0.15) is 38.7 Å². The number of likely N-dealkylation sites (tertiary alicyclic amines) is 1. The van der Waals surface area contributed by atoms with E-state index >= 15 is 0 Å². The van der Waals surface area contributed by atoms with Gasteiger partial charge in [0.25, 0.3) is 0 Å². The summed E-state index contributed by atoms with van der Waals surface area (Å²) in [7, 11) is 0. The first-order valence-electron chi connectivity index (χ1n) is 8.76. The second-order valence-corrected chi connectivity index (χ2v) is 6.12. The molecular weight excluding hydrogens is 288 g/mol. The molecule has 0 saturated carbocycles. The summed E-state index contributed by atoms with van der Waals surface area (Å²) in [5, 5.41) is 3.12. The second-order valence-electron chi connectivity index (χ2n) is 6.12. The highest BCUT2D eigenvalue weighted by Crippen LogP contribution is 2.13. The van der Waals surface area contributed by atoms with Gasteiger partial charge in [0.2, 0.25) is 5.91 Å². The molecule has 23 heavy (non-hydrogen) atoms. The molecule has 1 amide bonds. The van der Waals surface area contributed by atoms with E-state index in [9.17, 15) is 4.79 Å². The molecule has 1 aromatic rings. The van der Waals surface area contributed by atoms with Gasteiger partial charge in [0, 0.05) is 25.0 Å². The van der Waals surface area contributed by atoms with Crippen LogP contribution < -0.4 is 15.0 Å². The van der Waals surface area contributed by atoms with Gasteiger partial charge in [0.15, 0.2) is 0 Å². The topological polar surface area (TPSA) is 42.8 Å². The van der Waals surface area contributed by atoms with Crippen LogP contribution >= 0.6 is 0 Å². The zero-order chi connectivity index (χ0) is 16.5. The molecule has 1 aromatic carbocycles. The van der Waals surface area contributed by atoms with Crippen molar-refractivity contribution in [1.29, 1.82) is 0 Å². The molecule has 1 aliphatic heterocycles. The number of nitrogens with one attached hydrogen (secondary N) is 2. The van der Waals surface area contributed by atoms with Crippen molar-refractivity contribution in [3.63, 3.8) is 0 Å². The van der Waals surface area contributed by atoms with Gasteiger partial charge in [-0.25, -0.2) is 0 Å². The largest absolute Gasteiger partial charge is 0.494 e. The second kappa shape index (κ2) is 9.36. The average Bonchev–Trinajstić information content (AvgIpc) is 2.57. The third-order valence-electron chi connectivity index (χ3n) is 4.26. The maximum Gasteiger partial charge on any atom is 0.244 e. The van der Waals surface area contributed by atoms with Gasteiger partial charge in [-0.2, -0.15) is 0 Å². The Hall–Kier alpha value is -1.81. The van der Waals surface area contributed by atoms with E-state index in [0.717, 1.165) is 24.2 Å². The molecule has 0 aromatic heterocycles. The maximum atomic E-state index is 12.0. The third-order valence-corrected chi connectivity index (χ3v) is 4.26. The van der Waals surface area contributed by atoms with Gasteiger partial charge in [-0.1, -0.05) is 19.1 Å². The Kier molecular flexibility index (Phi) is 7.14. The summed E-state index contributed by atoms with van der Waals surface area (Å²) in [4.78, 5) is 13.7. The number of quaternary nitrogens is 1. The molecule has 1 fully saturated rings. The number of hydrogen-bond donors (Lipinski definition) is 2. The minimum atomic E-state index is 0.00262. The molecule has 126 valence electrons. The lowest BCUT2D eigenvalue weighted by Crippen LogP contribution is -3.13. The van der Waals surface area contributed by atoms with Gasteiger partial charge in [0.05, 0.1) is 26.2 Å². The molecule has 0 radical (unpaired) electrons. The van der Waals surface area contributed by atoms with Gasteiger partial charge in [-0.15, -0.1) is 0 Å². The number of piperidine rings is 1. The number of amides is 1. The van der Waals surface area contributed by atoms with Crippen LogP contribution in [0.2, 0.25) is 0 Å². The van der Waals surface area contributed by atoms with E-state index in [2.05, 4.69) is 12.2 Å². The summed E-state index contributed by atoms with van der Waals surface area (Å²) in [6, 6.07) is 8.09. The van der Waals surface area contributed by atoms with Gasteiger partial charge in [-0.3, -0.25) is 4.79 Å². The van der Waals surface area contributed by atoms with E-state index in [0.29, 0.717) is 12.6 Å². The predicted octanol–water partition coefficient (Wildman–Crippen LogP) is 1.67. The summed E-state index contributed by atoms with van der Waals surface area (Å²) < 4.78 is 5.41. The highest BCUT2D eigenvalue weighted by atomic mass is 16.5. The van der Waals surface area contributed by atoms with Crippen LogP contribution in [0.25, 0.3) is 6.08 Å². The van der Waals surface area contributed by atoms with Crippen LogP contribution in [0.15, 0.2) is 30.3 Å². The smallest absolute Gasteiger partial charge is 0.244 e. The minimum Gasteiger partial charge on any atom is -0.494 e. The minimum absolute atomic E-state index is 0.00262. The van der Waals surface area contributed by atoms with Crippen LogP contribution in [0.3, 0.4) is 0 Å². The van der Waals surface area contributed by atoms with E-state index in [-0.39, 0.29) is 5.91 Å². The molecule has 4 nitrogen and oxygen atoms in total. The van der Waals surface area contributed by atoms with Crippen LogP contribution in [0.4, 0.5) is 0 Å². The van der Waals surface area contributed by atoms with E-state index in [4.69, 9.17) is 4.74 Å². The Morgan fingerprint density at radius 1 is 1.26 bits per heavy atom. The molecule has 0 atom stereocenters. The summed E-state index contributed by atoms with van der Waals surface area (Å²) in [6.07, 6.45) is 6.87. The molecule has 2 N–H and O–H groups in total.